The Balaban J connectivity index is 2.53. The van der Waals surface area contributed by atoms with E-state index in [1.807, 2.05) is 13.0 Å². The molecule has 0 saturated heterocycles. The summed E-state index contributed by atoms with van der Waals surface area (Å²) in [5.41, 5.74) is 3.24. The van der Waals surface area contributed by atoms with Crippen LogP contribution in [0.1, 0.15) is 5.82 Å². The van der Waals surface area contributed by atoms with Crippen molar-refractivity contribution in [2.24, 2.45) is 0 Å². The standard InChI is InChI=1S/C11H8N4S/c1-7-12-13-10-8-3-2-5-14(8)9-4-6-16-11(9)15(7)10/h2-6H,1H3. The molecular weight excluding hydrogens is 220 g/mol. The van der Waals surface area contributed by atoms with Crippen molar-refractivity contribution >= 4 is 32.8 Å². The molecule has 78 valence electrons. The fourth-order valence-electron chi connectivity index (χ4n) is 2.19. The molecule has 0 amide bonds. The summed E-state index contributed by atoms with van der Waals surface area (Å²) in [7, 11) is 0. The number of hydrogen-bond donors (Lipinski definition) is 0. The fourth-order valence-corrected chi connectivity index (χ4v) is 3.13. The smallest absolute Gasteiger partial charge is 0.186 e. The molecule has 0 fully saturated rings. The lowest BCUT2D eigenvalue weighted by Crippen LogP contribution is -1.94. The molecule has 4 heterocycles. The van der Waals surface area contributed by atoms with Crippen molar-refractivity contribution in [1.29, 1.82) is 0 Å². The van der Waals surface area contributed by atoms with Gasteiger partial charge in [0.2, 0.25) is 0 Å². The topological polar surface area (TPSA) is 34.6 Å². The molecule has 0 spiro atoms. The zero-order valence-electron chi connectivity index (χ0n) is 8.58. The van der Waals surface area contributed by atoms with E-state index < -0.39 is 0 Å². The van der Waals surface area contributed by atoms with E-state index in [0.29, 0.717) is 0 Å². The Labute approximate surface area is 94.8 Å². The van der Waals surface area contributed by atoms with Crippen molar-refractivity contribution < 1.29 is 0 Å². The highest BCUT2D eigenvalue weighted by atomic mass is 32.1. The van der Waals surface area contributed by atoms with Crippen molar-refractivity contribution in [3.05, 3.63) is 35.6 Å². The Bertz CT molecular complexity index is 790. The first-order valence-corrected chi connectivity index (χ1v) is 5.92. The summed E-state index contributed by atoms with van der Waals surface area (Å²) in [6, 6.07) is 6.24. The summed E-state index contributed by atoms with van der Waals surface area (Å²) in [6.45, 7) is 1.98. The fraction of sp³-hybridized carbons (Fsp3) is 0.0909. The van der Waals surface area contributed by atoms with Gasteiger partial charge in [0.05, 0.1) is 11.0 Å². The molecule has 0 bridgehead atoms. The van der Waals surface area contributed by atoms with Crippen molar-refractivity contribution in [2.75, 3.05) is 0 Å². The second-order valence-corrected chi connectivity index (χ2v) is 4.68. The highest BCUT2D eigenvalue weighted by Crippen LogP contribution is 2.26. The van der Waals surface area contributed by atoms with Gasteiger partial charge in [-0.2, -0.15) is 0 Å². The quantitative estimate of drug-likeness (QED) is 0.463. The molecule has 0 atom stereocenters. The maximum atomic E-state index is 4.25. The molecule has 4 nitrogen and oxygen atoms in total. The van der Waals surface area contributed by atoms with Gasteiger partial charge in [0.1, 0.15) is 10.7 Å². The molecule has 4 rings (SSSR count). The van der Waals surface area contributed by atoms with E-state index in [0.717, 1.165) is 17.0 Å². The van der Waals surface area contributed by atoms with Crippen LogP contribution in [0.5, 0.6) is 0 Å². The van der Waals surface area contributed by atoms with Crippen LogP contribution in [-0.2, 0) is 0 Å². The van der Waals surface area contributed by atoms with Crippen LogP contribution in [0.4, 0.5) is 0 Å². The third-order valence-electron chi connectivity index (χ3n) is 2.89. The van der Waals surface area contributed by atoms with Crippen molar-refractivity contribution in [2.45, 2.75) is 6.92 Å². The lowest BCUT2D eigenvalue weighted by molar-refractivity contribution is 1.02. The lowest BCUT2D eigenvalue weighted by atomic mass is 10.4. The summed E-state index contributed by atoms with van der Waals surface area (Å²) >= 11 is 1.72. The number of thiophene rings is 1. The van der Waals surface area contributed by atoms with Crippen molar-refractivity contribution in [1.82, 2.24) is 19.0 Å². The molecule has 0 aromatic carbocycles. The monoisotopic (exact) mass is 228 g/mol. The molecule has 0 saturated carbocycles. The van der Waals surface area contributed by atoms with Gasteiger partial charge in [0.25, 0.3) is 0 Å². The minimum atomic E-state index is 0.928. The third-order valence-corrected chi connectivity index (χ3v) is 3.78. The van der Waals surface area contributed by atoms with Crippen molar-refractivity contribution in [3.63, 3.8) is 0 Å². The molecule has 0 aliphatic heterocycles. The third kappa shape index (κ3) is 0.806. The number of aryl methyl sites for hydroxylation is 1. The second kappa shape index (κ2) is 2.62. The van der Waals surface area contributed by atoms with E-state index in [4.69, 9.17) is 0 Å². The normalized spacial score (nSPS) is 12.1. The number of fused-ring (bicyclic) bond motifs is 6. The highest BCUT2D eigenvalue weighted by Gasteiger charge is 2.12. The zero-order chi connectivity index (χ0) is 10.7. The molecule has 0 aliphatic rings. The summed E-state index contributed by atoms with van der Waals surface area (Å²) in [5, 5.41) is 10.5. The molecule has 0 N–H and O–H groups in total. The van der Waals surface area contributed by atoms with Gasteiger partial charge in [0, 0.05) is 6.20 Å². The van der Waals surface area contributed by atoms with Crippen LogP contribution < -0.4 is 0 Å². The number of hydrogen-bond acceptors (Lipinski definition) is 3. The predicted molar refractivity (Wildman–Crippen MR) is 64.1 cm³/mol. The van der Waals surface area contributed by atoms with Crippen molar-refractivity contribution in [3.8, 4) is 0 Å². The molecule has 0 aliphatic carbocycles. The SMILES string of the molecule is Cc1nnc2c3cccn3c3ccsc3n12. The summed E-state index contributed by atoms with van der Waals surface area (Å²) < 4.78 is 4.28. The van der Waals surface area contributed by atoms with E-state index >= 15 is 0 Å². The molecule has 0 unspecified atom stereocenters. The van der Waals surface area contributed by atoms with Crippen LogP contribution in [0.2, 0.25) is 0 Å². The van der Waals surface area contributed by atoms with E-state index in [9.17, 15) is 0 Å². The van der Waals surface area contributed by atoms with E-state index in [1.54, 1.807) is 11.3 Å². The van der Waals surface area contributed by atoms with E-state index in [-0.39, 0.29) is 0 Å². The molecule has 4 aromatic heterocycles. The minimum Gasteiger partial charge on any atom is -0.311 e. The first-order valence-electron chi connectivity index (χ1n) is 5.04. The van der Waals surface area contributed by atoms with Gasteiger partial charge in [0.15, 0.2) is 5.65 Å². The Hall–Kier alpha value is -1.88. The zero-order valence-corrected chi connectivity index (χ0v) is 9.40. The predicted octanol–water partition coefficient (Wildman–Crippen LogP) is 2.51. The highest BCUT2D eigenvalue weighted by molar-refractivity contribution is 7.16. The maximum Gasteiger partial charge on any atom is 0.186 e. The van der Waals surface area contributed by atoms with Crippen LogP contribution >= 0.6 is 11.3 Å². The maximum absolute atomic E-state index is 4.25. The van der Waals surface area contributed by atoms with Crippen LogP contribution in [-0.4, -0.2) is 19.0 Å². The molecule has 5 heteroatoms. The van der Waals surface area contributed by atoms with Gasteiger partial charge in [-0.25, -0.2) is 0 Å². The van der Waals surface area contributed by atoms with Crippen LogP contribution in [0.3, 0.4) is 0 Å². The van der Waals surface area contributed by atoms with Crippen LogP contribution in [0.15, 0.2) is 29.8 Å². The van der Waals surface area contributed by atoms with Crippen LogP contribution in [0, 0.1) is 6.92 Å². The van der Waals surface area contributed by atoms with Gasteiger partial charge in [-0.15, -0.1) is 21.5 Å². The van der Waals surface area contributed by atoms with E-state index in [2.05, 4.69) is 42.7 Å². The average molecular weight is 228 g/mol. The lowest BCUT2D eigenvalue weighted by Gasteiger charge is -2.02. The second-order valence-electron chi connectivity index (χ2n) is 3.78. The van der Waals surface area contributed by atoms with Crippen LogP contribution in [0.25, 0.3) is 21.5 Å². The summed E-state index contributed by atoms with van der Waals surface area (Å²) in [4.78, 5) is 1.20. The average Bonchev–Trinajstić information content (AvgIpc) is 2.91. The Morgan fingerprint density at radius 3 is 3.06 bits per heavy atom. The molecule has 16 heavy (non-hydrogen) atoms. The molecular formula is C11H8N4S. The molecule has 4 aromatic rings. The van der Waals surface area contributed by atoms with Gasteiger partial charge >= 0.3 is 0 Å². The summed E-state index contributed by atoms with van der Waals surface area (Å²) in [6.07, 6.45) is 2.06. The van der Waals surface area contributed by atoms with Gasteiger partial charge in [-0.05, 0) is 30.5 Å². The van der Waals surface area contributed by atoms with Gasteiger partial charge < -0.3 is 4.40 Å². The van der Waals surface area contributed by atoms with Gasteiger partial charge in [-0.3, -0.25) is 4.40 Å². The Morgan fingerprint density at radius 1 is 1.19 bits per heavy atom. The Morgan fingerprint density at radius 2 is 2.12 bits per heavy atom. The molecule has 0 radical (unpaired) electrons. The number of rotatable bonds is 0. The minimum absolute atomic E-state index is 0.928. The first kappa shape index (κ1) is 8.29. The Kier molecular flexibility index (Phi) is 1.36. The van der Waals surface area contributed by atoms with E-state index in [1.165, 1.54) is 10.3 Å². The first-order chi connectivity index (χ1) is 7.86. The number of aromatic nitrogens is 4. The largest absolute Gasteiger partial charge is 0.311 e. The number of nitrogens with zero attached hydrogens (tertiary/aromatic N) is 4. The van der Waals surface area contributed by atoms with Gasteiger partial charge in [-0.1, -0.05) is 0 Å². The summed E-state index contributed by atoms with van der Waals surface area (Å²) in [5.74, 6) is 0.936.